The molecule has 0 atom stereocenters. The van der Waals surface area contributed by atoms with Crippen molar-refractivity contribution < 1.29 is 18.7 Å². The van der Waals surface area contributed by atoms with E-state index < -0.39 is 5.82 Å². The molecule has 3 saturated carbocycles. The zero-order chi connectivity index (χ0) is 22.3. The number of halogens is 2. The van der Waals surface area contributed by atoms with E-state index in [1.54, 1.807) is 17.1 Å². The summed E-state index contributed by atoms with van der Waals surface area (Å²) in [6, 6.07) is 11.3. The minimum Gasteiger partial charge on any atom is -0.486 e. The molecule has 0 spiro atoms. The maximum Gasteiger partial charge on any atom is 0.253 e. The number of aromatic nitrogens is 3. The molecule has 0 radical (unpaired) electrons. The summed E-state index contributed by atoms with van der Waals surface area (Å²) < 4.78 is 20.4. The van der Waals surface area contributed by atoms with Gasteiger partial charge in [-0.2, -0.15) is 5.10 Å². The predicted octanol–water partition coefficient (Wildman–Crippen LogP) is 3.75. The lowest BCUT2D eigenvalue weighted by Crippen LogP contribution is -2.75. The van der Waals surface area contributed by atoms with Crippen LogP contribution in [0.2, 0.25) is 5.02 Å². The molecule has 7 nitrogen and oxygen atoms in total. The smallest absolute Gasteiger partial charge is 0.253 e. The number of carbonyl (C=O) groups excluding carboxylic acids is 2. The van der Waals surface area contributed by atoms with Crippen LogP contribution >= 0.6 is 11.6 Å². The van der Waals surface area contributed by atoms with Crippen molar-refractivity contribution in [3.8, 4) is 11.4 Å². The molecule has 1 heterocycles. The van der Waals surface area contributed by atoms with Gasteiger partial charge in [0.2, 0.25) is 0 Å². The minimum atomic E-state index is -0.584. The Bertz CT molecular complexity index is 1180. The second-order valence-electron chi connectivity index (χ2n) is 8.70. The van der Waals surface area contributed by atoms with E-state index >= 15 is 0 Å². The first kappa shape index (κ1) is 20.6. The molecule has 1 N–H and O–H groups in total. The molecule has 0 saturated heterocycles. The molecule has 0 unspecified atom stereocenters. The summed E-state index contributed by atoms with van der Waals surface area (Å²) in [4.78, 5) is 29.3. The summed E-state index contributed by atoms with van der Waals surface area (Å²) >= 11 is 5.65. The molecule has 2 aromatic carbocycles. The van der Waals surface area contributed by atoms with E-state index in [2.05, 4.69) is 15.4 Å². The first-order valence-electron chi connectivity index (χ1n) is 10.2. The Morgan fingerprint density at radius 2 is 1.97 bits per heavy atom. The standard InChI is InChI=1S/C23H20ClFN4O3/c24-18-6-5-16(7-19(18)25)32-9-15(30)8-22-10-23(11-22,12-22)28-21(31)17-3-1-2-4-20(17)29-14-26-13-27-29/h1-7,13-14H,8-12H2,(H,28,31). The lowest BCUT2D eigenvalue weighted by molar-refractivity contribution is -0.162. The summed E-state index contributed by atoms with van der Waals surface area (Å²) in [6.07, 6.45) is 5.64. The van der Waals surface area contributed by atoms with Gasteiger partial charge >= 0.3 is 0 Å². The fourth-order valence-electron chi connectivity index (χ4n) is 5.02. The Kier molecular flexibility index (Phi) is 4.97. The van der Waals surface area contributed by atoms with Gasteiger partial charge in [-0.05, 0) is 48.9 Å². The average molecular weight is 455 g/mol. The Hall–Kier alpha value is -3.26. The van der Waals surface area contributed by atoms with Gasteiger partial charge in [-0.25, -0.2) is 14.1 Å². The van der Waals surface area contributed by atoms with Crippen molar-refractivity contribution in [1.82, 2.24) is 20.1 Å². The van der Waals surface area contributed by atoms with Gasteiger partial charge in [-0.15, -0.1) is 0 Å². The second-order valence-corrected chi connectivity index (χ2v) is 9.11. The van der Waals surface area contributed by atoms with Crippen LogP contribution in [0.4, 0.5) is 4.39 Å². The zero-order valence-corrected chi connectivity index (χ0v) is 17.8. The van der Waals surface area contributed by atoms with E-state index in [-0.39, 0.29) is 40.0 Å². The molecule has 3 fully saturated rings. The van der Waals surface area contributed by atoms with Crippen LogP contribution in [-0.4, -0.2) is 38.6 Å². The van der Waals surface area contributed by atoms with Crippen LogP contribution in [0, 0.1) is 11.2 Å². The Balaban J connectivity index is 1.14. The van der Waals surface area contributed by atoms with Gasteiger partial charge in [-0.3, -0.25) is 9.59 Å². The number of ketones is 1. The average Bonchev–Trinajstić information content (AvgIpc) is 3.27. The second kappa shape index (κ2) is 7.70. The molecule has 6 rings (SSSR count). The number of para-hydroxylation sites is 1. The number of hydrogen-bond donors (Lipinski definition) is 1. The topological polar surface area (TPSA) is 86.1 Å². The third-order valence-electron chi connectivity index (χ3n) is 6.20. The number of amides is 1. The third kappa shape index (κ3) is 3.75. The summed E-state index contributed by atoms with van der Waals surface area (Å²) in [5.41, 5.74) is 0.850. The van der Waals surface area contributed by atoms with E-state index in [1.807, 2.05) is 18.2 Å². The van der Waals surface area contributed by atoms with Gasteiger partial charge < -0.3 is 10.1 Å². The van der Waals surface area contributed by atoms with Crippen molar-refractivity contribution in [2.45, 2.75) is 31.2 Å². The van der Waals surface area contributed by atoms with E-state index in [0.717, 1.165) is 25.3 Å². The number of nitrogens with zero attached hydrogens (tertiary/aromatic N) is 3. The molecule has 1 amide bonds. The van der Waals surface area contributed by atoms with Crippen LogP contribution in [0.1, 0.15) is 36.0 Å². The highest BCUT2D eigenvalue weighted by atomic mass is 35.5. The molecule has 9 heteroatoms. The van der Waals surface area contributed by atoms with Gasteiger partial charge in [0.15, 0.2) is 5.78 Å². The van der Waals surface area contributed by atoms with Crippen molar-refractivity contribution in [2.24, 2.45) is 5.41 Å². The lowest BCUT2D eigenvalue weighted by atomic mass is 9.38. The number of nitrogens with one attached hydrogen (secondary N) is 1. The molecular formula is C23H20ClFN4O3. The largest absolute Gasteiger partial charge is 0.486 e. The van der Waals surface area contributed by atoms with Crippen LogP contribution in [-0.2, 0) is 4.79 Å². The fraction of sp³-hybridized carbons (Fsp3) is 0.304. The summed E-state index contributed by atoms with van der Waals surface area (Å²) in [5.74, 6) is -0.521. The van der Waals surface area contributed by atoms with Gasteiger partial charge in [0, 0.05) is 18.0 Å². The van der Waals surface area contributed by atoms with Crippen LogP contribution in [0.25, 0.3) is 5.69 Å². The van der Waals surface area contributed by atoms with Crippen molar-refractivity contribution in [2.75, 3.05) is 6.61 Å². The van der Waals surface area contributed by atoms with Crippen LogP contribution < -0.4 is 10.1 Å². The normalized spacial score (nSPS) is 23.1. The number of Topliss-reactive ketones (excluding diaryl/α,β-unsaturated/α-hetero) is 1. The predicted molar refractivity (Wildman–Crippen MR) is 114 cm³/mol. The van der Waals surface area contributed by atoms with E-state index in [1.165, 1.54) is 18.5 Å². The van der Waals surface area contributed by atoms with Crippen LogP contribution in [0.5, 0.6) is 5.75 Å². The molecular weight excluding hydrogens is 435 g/mol. The number of ether oxygens (including phenoxy) is 1. The van der Waals surface area contributed by atoms with Gasteiger partial charge in [-0.1, -0.05) is 23.7 Å². The van der Waals surface area contributed by atoms with Crippen molar-refractivity contribution in [1.29, 1.82) is 0 Å². The van der Waals surface area contributed by atoms with Crippen molar-refractivity contribution >= 4 is 23.3 Å². The maximum absolute atomic E-state index is 13.5. The third-order valence-corrected chi connectivity index (χ3v) is 6.50. The first-order valence-corrected chi connectivity index (χ1v) is 10.6. The molecule has 32 heavy (non-hydrogen) atoms. The Labute approximate surface area is 188 Å². The van der Waals surface area contributed by atoms with E-state index in [4.69, 9.17) is 16.3 Å². The van der Waals surface area contributed by atoms with Gasteiger partial charge in [0.1, 0.15) is 30.8 Å². The number of carbonyl (C=O) groups is 2. The van der Waals surface area contributed by atoms with E-state index in [9.17, 15) is 14.0 Å². The minimum absolute atomic E-state index is 0.00815. The van der Waals surface area contributed by atoms with Crippen LogP contribution in [0.3, 0.4) is 0 Å². The van der Waals surface area contributed by atoms with Crippen LogP contribution in [0.15, 0.2) is 55.1 Å². The molecule has 3 aromatic rings. The van der Waals surface area contributed by atoms with Crippen molar-refractivity contribution in [3.63, 3.8) is 0 Å². The Morgan fingerprint density at radius 3 is 2.69 bits per heavy atom. The molecule has 1 aromatic heterocycles. The quantitative estimate of drug-likeness (QED) is 0.560. The molecule has 0 aliphatic heterocycles. The van der Waals surface area contributed by atoms with E-state index in [0.29, 0.717) is 17.7 Å². The molecule has 3 aliphatic carbocycles. The SMILES string of the molecule is O=C(COc1ccc(Cl)c(F)c1)CC12CC(NC(=O)c3ccccc3-n3cncn3)(C1)C2. The van der Waals surface area contributed by atoms with Crippen molar-refractivity contribution in [3.05, 3.63) is 71.5 Å². The summed E-state index contributed by atoms with van der Waals surface area (Å²) in [5, 5.41) is 7.27. The number of benzene rings is 2. The fourth-order valence-corrected chi connectivity index (χ4v) is 5.14. The monoisotopic (exact) mass is 454 g/mol. The lowest BCUT2D eigenvalue weighted by Gasteiger charge is -2.70. The highest BCUT2D eigenvalue weighted by Gasteiger charge is 2.68. The summed E-state index contributed by atoms with van der Waals surface area (Å²) in [7, 11) is 0. The number of rotatable bonds is 8. The molecule has 2 bridgehead atoms. The highest BCUT2D eigenvalue weighted by Crippen LogP contribution is 2.69. The highest BCUT2D eigenvalue weighted by molar-refractivity contribution is 6.30. The van der Waals surface area contributed by atoms with Gasteiger partial charge in [0.05, 0.1) is 16.3 Å². The Morgan fingerprint density at radius 1 is 1.19 bits per heavy atom. The summed E-state index contributed by atoms with van der Waals surface area (Å²) in [6.45, 7) is -0.118. The first-order chi connectivity index (χ1) is 15.4. The maximum atomic E-state index is 13.5. The van der Waals surface area contributed by atoms with Gasteiger partial charge in [0.25, 0.3) is 5.91 Å². The number of hydrogen-bond acceptors (Lipinski definition) is 5. The molecule has 3 aliphatic rings. The zero-order valence-electron chi connectivity index (χ0n) is 17.1. The molecule has 164 valence electrons.